The number of benzene rings is 1. The Bertz CT molecular complexity index is 569. The summed E-state index contributed by atoms with van der Waals surface area (Å²) < 4.78 is 11.9. The minimum absolute atomic E-state index is 0.149. The number of carbonyl (C=O) groups is 1. The molecule has 2 saturated heterocycles. The standard InChI is InChI=1S/C21H31NO4/c1-2-18-15-17(23)16-21(26-18)10-12-22(13-11-21)20(24)9-6-14-25-19-7-4-3-5-8-19/h3-5,7-8,17-18,23H,2,6,9-16H2,1H3/t17-,18+/m1/s1. The average molecular weight is 361 g/mol. The van der Waals surface area contributed by atoms with Crippen molar-refractivity contribution in [1.29, 1.82) is 0 Å². The van der Waals surface area contributed by atoms with Gasteiger partial charge in [0.05, 0.1) is 24.4 Å². The minimum atomic E-state index is -0.272. The van der Waals surface area contributed by atoms with Crippen LogP contribution in [0.5, 0.6) is 5.75 Å². The average Bonchev–Trinajstić information content (AvgIpc) is 2.66. The Morgan fingerprint density at radius 1 is 1.31 bits per heavy atom. The van der Waals surface area contributed by atoms with E-state index in [-0.39, 0.29) is 23.7 Å². The fourth-order valence-corrected chi connectivity index (χ4v) is 4.09. The number of nitrogens with zero attached hydrogens (tertiary/aromatic N) is 1. The van der Waals surface area contributed by atoms with Gasteiger partial charge in [-0.15, -0.1) is 0 Å². The first-order chi connectivity index (χ1) is 12.6. The maximum Gasteiger partial charge on any atom is 0.222 e. The summed E-state index contributed by atoms with van der Waals surface area (Å²) in [5.41, 5.74) is -0.231. The molecule has 2 fully saturated rings. The Morgan fingerprint density at radius 2 is 2.04 bits per heavy atom. The molecule has 144 valence electrons. The van der Waals surface area contributed by atoms with Crippen molar-refractivity contribution in [3.05, 3.63) is 30.3 Å². The van der Waals surface area contributed by atoms with Gasteiger partial charge in [-0.3, -0.25) is 4.79 Å². The molecule has 5 nitrogen and oxygen atoms in total. The van der Waals surface area contributed by atoms with Gasteiger partial charge in [0.15, 0.2) is 0 Å². The summed E-state index contributed by atoms with van der Waals surface area (Å²) in [6.45, 7) is 4.11. The molecule has 2 aliphatic rings. The molecule has 0 unspecified atom stereocenters. The molecule has 1 aromatic carbocycles. The molecule has 0 bridgehead atoms. The van der Waals surface area contributed by atoms with Crippen LogP contribution >= 0.6 is 0 Å². The first-order valence-corrected chi connectivity index (χ1v) is 9.92. The highest BCUT2D eigenvalue weighted by Gasteiger charge is 2.43. The van der Waals surface area contributed by atoms with Gasteiger partial charge in [-0.1, -0.05) is 25.1 Å². The van der Waals surface area contributed by atoms with Gasteiger partial charge in [0.2, 0.25) is 5.91 Å². The van der Waals surface area contributed by atoms with Gasteiger partial charge in [-0.25, -0.2) is 0 Å². The number of hydrogen-bond donors (Lipinski definition) is 1. The van der Waals surface area contributed by atoms with E-state index >= 15 is 0 Å². The number of aliphatic hydroxyl groups excluding tert-OH is 1. The molecule has 1 amide bonds. The summed E-state index contributed by atoms with van der Waals surface area (Å²) >= 11 is 0. The quantitative estimate of drug-likeness (QED) is 0.791. The van der Waals surface area contributed by atoms with Crippen LogP contribution in [0, 0.1) is 0 Å². The van der Waals surface area contributed by atoms with Crippen molar-refractivity contribution < 1.29 is 19.4 Å². The second-order valence-electron chi connectivity index (χ2n) is 7.57. The predicted octanol–water partition coefficient (Wildman–Crippen LogP) is 3.16. The van der Waals surface area contributed by atoms with Crippen molar-refractivity contribution >= 4 is 5.91 Å². The zero-order valence-corrected chi connectivity index (χ0v) is 15.7. The maximum absolute atomic E-state index is 12.4. The number of carbonyl (C=O) groups excluding carboxylic acids is 1. The van der Waals surface area contributed by atoms with Crippen LogP contribution in [-0.4, -0.2) is 53.4 Å². The zero-order chi connectivity index (χ0) is 18.4. The van der Waals surface area contributed by atoms with Crippen molar-refractivity contribution in [3.8, 4) is 5.75 Å². The van der Waals surface area contributed by atoms with Gasteiger partial charge >= 0.3 is 0 Å². The van der Waals surface area contributed by atoms with Crippen LogP contribution in [-0.2, 0) is 9.53 Å². The van der Waals surface area contributed by atoms with Gasteiger partial charge in [0.25, 0.3) is 0 Å². The van der Waals surface area contributed by atoms with E-state index in [1.165, 1.54) is 0 Å². The van der Waals surface area contributed by atoms with Gasteiger partial charge in [-0.2, -0.15) is 0 Å². The number of rotatable bonds is 6. The first-order valence-electron chi connectivity index (χ1n) is 9.92. The SMILES string of the molecule is CC[C@H]1C[C@@H](O)CC2(CCN(C(=O)CCCOc3ccccc3)CC2)O1. The molecule has 2 aliphatic heterocycles. The van der Waals surface area contributed by atoms with Crippen LogP contribution in [0.4, 0.5) is 0 Å². The van der Waals surface area contributed by atoms with E-state index in [2.05, 4.69) is 6.92 Å². The lowest BCUT2D eigenvalue weighted by molar-refractivity contribution is -0.183. The Kier molecular flexibility index (Phi) is 6.54. The molecule has 1 spiro atoms. The van der Waals surface area contributed by atoms with E-state index in [0.717, 1.165) is 50.9 Å². The Balaban J connectivity index is 1.39. The third-order valence-corrected chi connectivity index (χ3v) is 5.59. The van der Waals surface area contributed by atoms with E-state index in [1.54, 1.807) is 0 Å². The summed E-state index contributed by atoms with van der Waals surface area (Å²) in [6, 6.07) is 9.69. The van der Waals surface area contributed by atoms with Crippen molar-refractivity contribution in [3.63, 3.8) is 0 Å². The van der Waals surface area contributed by atoms with Crippen LogP contribution in [0.1, 0.15) is 51.9 Å². The molecule has 3 rings (SSSR count). The molecule has 0 saturated carbocycles. The van der Waals surface area contributed by atoms with Gasteiger partial charge in [0.1, 0.15) is 5.75 Å². The third-order valence-electron chi connectivity index (χ3n) is 5.59. The lowest BCUT2D eigenvalue weighted by atomic mass is 9.81. The highest BCUT2D eigenvalue weighted by atomic mass is 16.5. The topological polar surface area (TPSA) is 59.0 Å². The van der Waals surface area contributed by atoms with E-state index < -0.39 is 0 Å². The minimum Gasteiger partial charge on any atom is -0.494 e. The first kappa shape index (κ1) is 19.2. The largest absolute Gasteiger partial charge is 0.494 e. The van der Waals surface area contributed by atoms with Crippen molar-refractivity contribution in [2.75, 3.05) is 19.7 Å². The molecule has 0 radical (unpaired) electrons. The Labute approximate surface area is 156 Å². The van der Waals surface area contributed by atoms with Crippen molar-refractivity contribution in [1.82, 2.24) is 4.90 Å². The highest BCUT2D eigenvalue weighted by molar-refractivity contribution is 5.76. The number of likely N-dealkylation sites (tertiary alicyclic amines) is 1. The van der Waals surface area contributed by atoms with Gasteiger partial charge in [-0.05, 0) is 44.2 Å². The molecule has 5 heteroatoms. The van der Waals surface area contributed by atoms with E-state index in [4.69, 9.17) is 9.47 Å². The zero-order valence-electron chi connectivity index (χ0n) is 15.7. The van der Waals surface area contributed by atoms with Crippen LogP contribution in [0.15, 0.2) is 30.3 Å². The number of para-hydroxylation sites is 1. The number of aliphatic hydroxyl groups is 1. The molecular formula is C21H31NO4. The van der Waals surface area contributed by atoms with Crippen LogP contribution in [0.25, 0.3) is 0 Å². The maximum atomic E-state index is 12.4. The smallest absolute Gasteiger partial charge is 0.222 e. The van der Waals surface area contributed by atoms with E-state index in [9.17, 15) is 9.90 Å². The van der Waals surface area contributed by atoms with Gasteiger partial charge in [0, 0.05) is 25.9 Å². The normalized spacial score (nSPS) is 25.2. The number of ether oxygens (including phenoxy) is 2. The highest BCUT2D eigenvalue weighted by Crippen LogP contribution is 2.38. The molecule has 1 aromatic rings. The van der Waals surface area contributed by atoms with Crippen LogP contribution in [0.3, 0.4) is 0 Å². The summed E-state index contributed by atoms with van der Waals surface area (Å²) in [7, 11) is 0. The number of amides is 1. The number of piperidine rings is 1. The molecular weight excluding hydrogens is 330 g/mol. The molecule has 1 N–H and O–H groups in total. The monoisotopic (exact) mass is 361 g/mol. The van der Waals surface area contributed by atoms with Crippen LogP contribution < -0.4 is 4.74 Å². The predicted molar refractivity (Wildman–Crippen MR) is 100 cm³/mol. The third kappa shape index (κ3) is 4.98. The second kappa shape index (κ2) is 8.87. The molecule has 2 atom stereocenters. The van der Waals surface area contributed by atoms with E-state index in [1.807, 2.05) is 35.2 Å². The van der Waals surface area contributed by atoms with Crippen molar-refractivity contribution in [2.24, 2.45) is 0 Å². The Morgan fingerprint density at radius 3 is 2.73 bits per heavy atom. The summed E-state index contributed by atoms with van der Waals surface area (Å²) in [5.74, 6) is 1.04. The Hall–Kier alpha value is -1.59. The van der Waals surface area contributed by atoms with Gasteiger partial charge < -0.3 is 19.5 Å². The van der Waals surface area contributed by atoms with E-state index in [0.29, 0.717) is 19.4 Å². The summed E-state index contributed by atoms with van der Waals surface area (Å²) in [6.07, 6.45) is 5.15. The second-order valence-corrected chi connectivity index (χ2v) is 7.57. The lowest BCUT2D eigenvalue weighted by Crippen LogP contribution is -2.53. The van der Waals surface area contributed by atoms with Crippen LogP contribution in [0.2, 0.25) is 0 Å². The van der Waals surface area contributed by atoms with Crippen molar-refractivity contribution in [2.45, 2.75) is 69.7 Å². The number of hydrogen-bond acceptors (Lipinski definition) is 4. The molecule has 2 heterocycles. The molecule has 26 heavy (non-hydrogen) atoms. The molecule has 0 aliphatic carbocycles. The summed E-state index contributed by atoms with van der Waals surface area (Å²) in [5, 5.41) is 10.2. The molecule has 0 aromatic heterocycles. The fourth-order valence-electron chi connectivity index (χ4n) is 4.09. The fraction of sp³-hybridized carbons (Fsp3) is 0.667. The lowest BCUT2D eigenvalue weighted by Gasteiger charge is -2.47. The summed E-state index contributed by atoms with van der Waals surface area (Å²) in [4.78, 5) is 14.4.